The molecule has 2 bridgehead atoms. The van der Waals surface area contributed by atoms with Crippen LogP contribution in [0.5, 0.6) is 0 Å². The van der Waals surface area contributed by atoms with Gasteiger partial charge in [0.15, 0.2) is 0 Å². The van der Waals surface area contributed by atoms with Gasteiger partial charge in [-0.2, -0.15) is 0 Å². The summed E-state index contributed by atoms with van der Waals surface area (Å²) >= 11 is 0. The molecule has 0 radical (unpaired) electrons. The molecule has 1 saturated heterocycles. The van der Waals surface area contributed by atoms with Crippen molar-refractivity contribution in [2.24, 2.45) is 0 Å². The molecule has 2 aliphatic rings. The highest BCUT2D eigenvalue weighted by atomic mass is 16.7. The van der Waals surface area contributed by atoms with Crippen LogP contribution in [0.3, 0.4) is 0 Å². The molecule has 1 fully saturated rings. The lowest BCUT2D eigenvalue weighted by atomic mass is 9.88. The zero-order valence-electron chi connectivity index (χ0n) is 13.8. The minimum absolute atomic E-state index is 0.0262. The number of rotatable bonds is 5. The van der Waals surface area contributed by atoms with Gasteiger partial charge in [-0.3, -0.25) is 4.90 Å². The summed E-state index contributed by atoms with van der Waals surface area (Å²) in [6.07, 6.45) is 1.62. The first-order valence-electron chi connectivity index (χ1n) is 7.86. The van der Waals surface area contributed by atoms with E-state index in [1.54, 1.807) is 7.11 Å². The highest BCUT2D eigenvalue weighted by Gasteiger charge is 2.48. The molecule has 2 unspecified atom stereocenters. The molecule has 5 nitrogen and oxygen atoms in total. The maximum absolute atomic E-state index is 12.4. The Morgan fingerprint density at radius 3 is 2.65 bits per heavy atom. The first kappa shape index (κ1) is 16.2. The minimum Gasteiger partial charge on any atom is -0.466 e. The van der Waals surface area contributed by atoms with Crippen molar-refractivity contribution in [2.75, 3.05) is 28.1 Å². The molecule has 1 aromatic rings. The van der Waals surface area contributed by atoms with Gasteiger partial charge in [0.1, 0.15) is 6.79 Å². The smallest absolute Gasteiger partial charge is 0.335 e. The maximum Gasteiger partial charge on any atom is 0.335 e. The van der Waals surface area contributed by atoms with Crippen molar-refractivity contribution in [1.82, 2.24) is 4.90 Å². The van der Waals surface area contributed by atoms with Crippen LogP contribution in [0.4, 0.5) is 0 Å². The Kier molecular flexibility index (Phi) is 4.80. The predicted octanol–water partition coefficient (Wildman–Crippen LogP) is 2.08. The molecule has 1 aromatic carbocycles. The summed E-state index contributed by atoms with van der Waals surface area (Å²) in [5.74, 6) is -0.244. The Morgan fingerprint density at radius 1 is 1.26 bits per heavy atom. The lowest BCUT2D eigenvalue weighted by molar-refractivity contribution is -0.136. The monoisotopic (exact) mass is 317 g/mol. The van der Waals surface area contributed by atoms with E-state index in [1.165, 1.54) is 7.11 Å². The number of hydrogen-bond donors (Lipinski definition) is 0. The van der Waals surface area contributed by atoms with Crippen LogP contribution in [0.1, 0.15) is 18.4 Å². The quantitative estimate of drug-likeness (QED) is 0.615. The number of nitrogens with zero attached hydrogens (tertiary/aromatic N) is 1. The molecular weight excluding hydrogens is 294 g/mol. The second kappa shape index (κ2) is 6.83. The zero-order valence-corrected chi connectivity index (χ0v) is 13.8. The molecule has 0 N–H and O–H groups in total. The third kappa shape index (κ3) is 2.92. The lowest BCUT2D eigenvalue weighted by Gasteiger charge is -2.34. The van der Waals surface area contributed by atoms with Crippen molar-refractivity contribution >= 4 is 11.5 Å². The van der Waals surface area contributed by atoms with E-state index in [4.69, 9.17) is 14.2 Å². The van der Waals surface area contributed by atoms with Crippen LogP contribution < -0.4 is 0 Å². The van der Waals surface area contributed by atoms with Crippen molar-refractivity contribution in [3.63, 3.8) is 0 Å². The number of ether oxygens (including phenoxy) is 3. The Bertz CT molecular complexity index is 598. The van der Waals surface area contributed by atoms with E-state index >= 15 is 0 Å². The summed E-state index contributed by atoms with van der Waals surface area (Å²) in [7, 11) is 5.12. The highest BCUT2D eigenvalue weighted by molar-refractivity contribution is 5.99. The summed E-state index contributed by atoms with van der Waals surface area (Å²) in [6.45, 7) is 0.274. The number of esters is 1. The Morgan fingerprint density at radius 2 is 2.00 bits per heavy atom. The van der Waals surface area contributed by atoms with Crippen LogP contribution >= 0.6 is 0 Å². The molecule has 3 rings (SSSR count). The summed E-state index contributed by atoms with van der Waals surface area (Å²) in [5.41, 5.74) is 2.93. The SMILES string of the molecule is COCO[C@H]1CC2C(C(=O)OC)=C(c3ccccc3)CC1N2C. The molecule has 0 aliphatic carbocycles. The van der Waals surface area contributed by atoms with Gasteiger partial charge in [-0.05, 0) is 31.0 Å². The number of likely N-dealkylation sites (N-methyl/N-ethyl adjacent to an activating group) is 1. The van der Waals surface area contributed by atoms with E-state index < -0.39 is 0 Å². The van der Waals surface area contributed by atoms with Gasteiger partial charge in [-0.1, -0.05) is 30.3 Å². The predicted molar refractivity (Wildman–Crippen MR) is 86.7 cm³/mol. The van der Waals surface area contributed by atoms with Gasteiger partial charge in [-0.25, -0.2) is 4.79 Å². The average molecular weight is 317 g/mol. The number of benzene rings is 1. The van der Waals surface area contributed by atoms with Crippen LogP contribution in [0.2, 0.25) is 0 Å². The average Bonchev–Trinajstić information content (AvgIpc) is 2.79. The molecule has 0 aromatic heterocycles. The Hall–Kier alpha value is -1.69. The molecule has 2 heterocycles. The number of carbonyl (C=O) groups is 1. The molecular formula is C18H23NO4. The van der Waals surface area contributed by atoms with Crippen molar-refractivity contribution in [3.05, 3.63) is 41.5 Å². The van der Waals surface area contributed by atoms with Gasteiger partial charge in [0.25, 0.3) is 0 Å². The number of carbonyl (C=O) groups excluding carboxylic acids is 1. The summed E-state index contributed by atoms with van der Waals surface area (Å²) in [5, 5.41) is 0. The first-order valence-corrected chi connectivity index (χ1v) is 7.86. The third-order valence-corrected chi connectivity index (χ3v) is 4.90. The normalized spacial score (nSPS) is 27.3. The first-order chi connectivity index (χ1) is 11.2. The van der Waals surface area contributed by atoms with Crippen molar-refractivity contribution in [2.45, 2.75) is 31.0 Å². The minimum atomic E-state index is -0.244. The second-order valence-electron chi connectivity index (χ2n) is 6.05. The van der Waals surface area contributed by atoms with Crippen LogP contribution in [0, 0.1) is 0 Å². The molecule has 23 heavy (non-hydrogen) atoms. The highest BCUT2D eigenvalue weighted by Crippen LogP contribution is 2.43. The molecule has 0 spiro atoms. The summed E-state index contributed by atoms with van der Waals surface area (Å²) < 4.78 is 16.0. The van der Waals surface area contributed by atoms with Crippen LogP contribution in [0.15, 0.2) is 35.9 Å². The van der Waals surface area contributed by atoms with Gasteiger partial charge in [-0.15, -0.1) is 0 Å². The number of hydrogen-bond acceptors (Lipinski definition) is 5. The molecule has 0 saturated carbocycles. The molecule has 2 aliphatic heterocycles. The van der Waals surface area contributed by atoms with Crippen LogP contribution in [-0.4, -0.2) is 57.1 Å². The van der Waals surface area contributed by atoms with E-state index in [0.29, 0.717) is 0 Å². The van der Waals surface area contributed by atoms with Crippen molar-refractivity contribution in [1.29, 1.82) is 0 Å². The van der Waals surface area contributed by atoms with E-state index in [-0.39, 0.29) is 30.9 Å². The second-order valence-corrected chi connectivity index (χ2v) is 6.05. The summed E-state index contributed by atoms with van der Waals surface area (Å²) in [6, 6.07) is 10.3. The van der Waals surface area contributed by atoms with Crippen LogP contribution in [0.25, 0.3) is 5.57 Å². The zero-order chi connectivity index (χ0) is 16.4. The number of fused-ring (bicyclic) bond motifs is 2. The van der Waals surface area contributed by atoms with Gasteiger partial charge < -0.3 is 14.2 Å². The molecule has 3 atom stereocenters. The molecule has 5 heteroatoms. The standard InChI is InChI=1S/C18H23NO4/c1-19-14-9-13(12-7-5-4-6-8-12)17(18(20)22-3)15(19)10-16(14)23-11-21-2/h4-8,14-16H,9-11H2,1-3H3/t14?,15?,16-/m0/s1. The van der Waals surface area contributed by atoms with Crippen molar-refractivity contribution < 1.29 is 19.0 Å². The fraction of sp³-hybridized carbons (Fsp3) is 0.500. The van der Waals surface area contributed by atoms with Crippen LogP contribution in [-0.2, 0) is 19.0 Å². The Balaban J connectivity index is 1.98. The molecule has 124 valence electrons. The van der Waals surface area contributed by atoms with Gasteiger partial charge in [0.2, 0.25) is 0 Å². The Labute approximate surface area is 136 Å². The third-order valence-electron chi connectivity index (χ3n) is 4.90. The molecule has 0 amide bonds. The number of methoxy groups -OCH3 is 2. The van der Waals surface area contributed by atoms with Gasteiger partial charge in [0, 0.05) is 19.2 Å². The van der Waals surface area contributed by atoms with Crippen molar-refractivity contribution in [3.8, 4) is 0 Å². The van der Waals surface area contributed by atoms with E-state index in [1.807, 2.05) is 30.3 Å². The lowest BCUT2D eigenvalue weighted by Crippen LogP contribution is -2.42. The topological polar surface area (TPSA) is 48.0 Å². The fourth-order valence-corrected chi connectivity index (χ4v) is 3.77. The van der Waals surface area contributed by atoms with Gasteiger partial charge >= 0.3 is 5.97 Å². The van der Waals surface area contributed by atoms with E-state index in [9.17, 15) is 4.79 Å². The van der Waals surface area contributed by atoms with E-state index in [2.05, 4.69) is 11.9 Å². The largest absolute Gasteiger partial charge is 0.466 e. The fourth-order valence-electron chi connectivity index (χ4n) is 3.77. The van der Waals surface area contributed by atoms with E-state index in [0.717, 1.165) is 29.6 Å². The summed E-state index contributed by atoms with van der Waals surface area (Å²) in [4.78, 5) is 14.7. The van der Waals surface area contributed by atoms with Gasteiger partial charge in [0.05, 0.1) is 18.8 Å². The maximum atomic E-state index is 12.4.